The van der Waals surface area contributed by atoms with Crippen molar-refractivity contribution in [3.05, 3.63) is 18.5 Å². The highest BCUT2D eigenvalue weighted by molar-refractivity contribution is 7.98. The Bertz CT molecular complexity index is 353. The highest BCUT2D eigenvalue weighted by atomic mass is 32.2. The van der Waals surface area contributed by atoms with Gasteiger partial charge in [-0.15, -0.1) is 0 Å². The summed E-state index contributed by atoms with van der Waals surface area (Å²) in [6, 6.07) is 2.26. The van der Waals surface area contributed by atoms with Crippen LogP contribution in [0.25, 0.3) is 0 Å². The summed E-state index contributed by atoms with van der Waals surface area (Å²) in [5.41, 5.74) is 0. The van der Waals surface area contributed by atoms with Crippen molar-refractivity contribution in [2.45, 2.75) is 31.8 Å². The van der Waals surface area contributed by atoms with Crippen LogP contribution in [0, 0.1) is 0 Å². The largest absolute Gasteiger partial charge is 0.338 e. The van der Waals surface area contributed by atoms with Gasteiger partial charge in [0.25, 0.3) is 0 Å². The van der Waals surface area contributed by atoms with Gasteiger partial charge >= 0.3 is 0 Å². The highest BCUT2D eigenvalue weighted by Crippen LogP contribution is 2.20. The average Bonchev–Trinajstić information content (AvgIpc) is 2.97. The number of carbonyl (C=O) groups is 1. The first-order chi connectivity index (χ1) is 8.31. The fourth-order valence-electron chi connectivity index (χ4n) is 2.31. The van der Waals surface area contributed by atoms with E-state index in [0.717, 1.165) is 31.7 Å². The summed E-state index contributed by atoms with van der Waals surface area (Å²) in [4.78, 5) is 14.1. The Balaban J connectivity index is 1.90. The molecule has 1 saturated heterocycles. The van der Waals surface area contributed by atoms with E-state index in [1.165, 1.54) is 0 Å². The minimum atomic E-state index is 0.300. The number of aromatic nitrogens is 2. The number of likely N-dealkylation sites (tertiary alicyclic amines) is 1. The Labute approximate surface area is 106 Å². The van der Waals surface area contributed by atoms with Crippen LogP contribution in [0.1, 0.15) is 19.3 Å². The van der Waals surface area contributed by atoms with E-state index in [1.54, 1.807) is 18.0 Å². The lowest BCUT2D eigenvalue weighted by Gasteiger charge is -2.24. The van der Waals surface area contributed by atoms with E-state index in [9.17, 15) is 4.79 Å². The molecule has 94 valence electrons. The molecule has 1 aliphatic heterocycles. The number of hydrogen-bond acceptors (Lipinski definition) is 3. The molecule has 1 aliphatic rings. The number of rotatable bonds is 5. The highest BCUT2D eigenvalue weighted by Gasteiger charge is 2.28. The minimum Gasteiger partial charge on any atom is -0.338 e. The Hall–Kier alpha value is -0.970. The molecular formula is C12H19N3OS. The fourth-order valence-corrected chi connectivity index (χ4v) is 2.69. The smallest absolute Gasteiger partial charge is 0.223 e. The first-order valence-electron chi connectivity index (χ1n) is 6.07. The predicted octanol–water partition coefficient (Wildman–Crippen LogP) is 1.63. The number of amides is 1. The van der Waals surface area contributed by atoms with Crippen LogP contribution >= 0.6 is 11.8 Å². The van der Waals surface area contributed by atoms with Crippen LogP contribution in [0.2, 0.25) is 0 Å². The average molecular weight is 253 g/mol. The molecule has 0 aliphatic carbocycles. The topological polar surface area (TPSA) is 38.1 Å². The number of carbonyl (C=O) groups excluding carboxylic acids is 1. The Morgan fingerprint density at radius 3 is 3.18 bits per heavy atom. The van der Waals surface area contributed by atoms with Crippen molar-refractivity contribution in [3.8, 4) is 0 Å². The van der Waals surface area contributed by atoms with Gasteiger partial charge in [-0.2, -0.15) is 16.9 Å². The molecule has 0 bridgehead atoms. The van der Waals surface area contributed by atoms with Gasteiger partial charge in [-0.3, -0.25) is 9.48 Å². The zero-order valence-electron chi connectivity index (χ0n) is 10.2. The number of hydrogen-bond donors (Lipinski definition) is 0. The van der Waals surface area contributed by atoms with Gasteiger partial charge in [0.15, 0.2) is 0 Å². The Morgan fingerprint density at radius 1 is 1.59 bits per heavy atom. The molecular weight excluding hydrogens is 234 g/mol. The van der Waals surface area contributed by atoms with Gasteiger partial charge in [-0.1, -0.05) is 0 Å². The van der Waals surface area contributed by atoms with Gasteiger partial charge < -0.3 is 4.90 Å². The zero-order chi connectivity index (χ0) is 12.1. The van der Waals surface area contributed by atoms with Gasteiger partial charge in [0.05, 0.1) is 12.6 Å². The Kier molecular flexibility index (Phi) is 4.48. The molecule has 0 saturated carbocycles. The van der Waals surface area contributed by atoms with Crippen molar-refractivity contribution in [1.82, 2.24) is 14.7 Å². The molecule has 0 aromatic carbocycles. The quantitative estimate of drug-likeness (QED) is 0.800. The molecule has 0 radical (unpaired) electrons. The van der Waals surface area contributed by atoms with E-state index in [-0.39, 0.29) is 0 Å². The van der Waals surface area contributed by atoms with Crippen molar-refractivity contribution >= 4 is 17.7 Å². The third-order valence-corrected chi connectivity index (χ3v) is 3.79. The summed E-state index contributed by atoms with van der Waals surface area (Å²) in [5, 5.41) is 4.21. The second-order valence-corrected chi connectivity index (χ2v) is 5.34. The SMILES string of the molecule is CSCCC(=O)N1CCCC1Cn1cccn1. The molecule has 1 aromatic heterocycles. The summed E-state index contributed by atoms with van der Waals surface area (Å²) in [7, 11) is 0. The van der Waals surface area contributed by atoms with Crippen LogP contribution in [-0.2, 0) is 11.3 Å². The summed E-state index contributed by atoms with van der Waals surface area (Å²) in [5.74, 6) is 1.22. The molecule has 17 heavy (non-hydrogen) atoms. The van der Waals surface area contributed by atoms with Gasteiger partial charge in [0.2, 0.25) is 5.91 Å². The maximum atomic E-state index is 12.0. The van der Waals surface area contributed by atoms with E-state index in [2.05, 4.69) is 5.10 Å². The Morgan fingerprint density at radius 2 is 2.47 bits per heavy atom. The summed E-state index contributed by atoms with van der Waals surface area (Å²) in [6.45, 7) is 1.75. The summed E-state index contributed by atoms with van der Waals surface area (Å²) in [6.07, 6.45) is 8.68. The van der Waals surface area contributed by atoms with Crippen LogP contribution in [0.3, 0.4) is 0 Å². The number of thioether (sulfide) groups is 1. The third kappa shape index (κ3) is 3.25. The fraction of sp³-hybridized carbons (Fsp3) is 0.667. The van der Waals surface area contributed by atoms with Crippen LogP contribution < -0.4 is 0 Å². The van der Waals surface area contributed by atoms with Gasteiger partial charge in [-0.05, 0) is 25.2 Å². The van der Waals surface area contributed by atoms with Crippen LogP contribution in [0.5, 0.6) is 0 Å². The lowest BCUT2D eigenvalue weighted by molar-refractivity contribution is -0.131. The van der Waals surface area contributed by atoms with Crippen molar-refractivity contribution < 1.29 is 4.79 Å². The summed E-state index contributed by atoms with van der Waals surface area (Å²) < 4.78 is 1.92. The van der Waals surface area contributed by atoms with E-state index < -0.39 is 0 Å². The standard InChI is InChI=1S/C12H19N3OS/c1-17-9-5-12(16)15-8-2-4-11(15)10-14-7-3-6-13-14/h3,6-7,11H,2,4-5,8-10H2,1H3. The second-order valence-electron chi connectivity index (χ2n) is 4.35. The molecule has 5 heteroatoms. The van der Waals surface area contributed by atoms with Gasteiger partial charge in [0, 0.05) is 31.1 Å². The first-order valence-corrected chi connectivity index (χ1v) is 7.46. The monoisotopic (exact) mass is 253 g/mol. The summed E-state index contributed by atoms with van der Waals surface area (Å²) >= 11 is 1.73. The second kappa shape index (κ2) is 6.10. The van der Waals surface area contributed by atoms with E-state index in [4.69, 9.17) is 0 Å². The molecule has 2 rings (SSSR count). The third-order valence-electron chi connectivity index (χ3n) is 3.17. The van der Waals surface area contributed by atoms with E-state index in [0.29, 0.717) is 18.4 Å². The minimum absolute atomic E-state index is 0.300. The van der Waals surface area contributed by atoms with E-state index in [1.807, 2.05) is 28.1 Å². The normalized spacial score (nSPS) is 19.8. The molecule has 2 heterocycles. The van der Waals surface area contributed by atoms with Crippen molar-refractivity contribution in [3.63, 3.8) is 0 Å². The lowest BCUT2D eigenvalue weighted by atomic mass is 10.2. The maximum absolute atomic E-state index is 12.0. The van der Waals surface area contributed by atoms with Crippen LogP contribution in [0.15, 0.2) is 18.5 Å². The molecule has 1 aromatic rings. The van der Waals surface area contributed by atoms with E-state index >= 15 is 0 Å². The van der Waals surface area contributed by atoms with Crippen molar-refractivity contribution in [1.29, 1.82) is 0 Å². The molecule has 0 N–H and O–H groups in total. The van der Waals surface area contributed by atoms with Crippen LogP contribution in [-0.4, -0.2) is 45.2 Å². The lowest BCUT2D eigenvalue weighted by Crippen LogP contribution is -2.38. The molecule has 1 unspecified atom stereocenters. The predicted molar refractivity (Wildman–Crippen MR) is 70.0 cm³/mol. The number of nitrogens with zero attached hydrogens (tertiary/aromatic N) is 3. The molecule has 1 fully saturated rings. The maximum Gasteiger partial charge on any atom is 0.223 e. The zero-order valence-corrected chi connectivity index (χ0v) is 11.0. The molecule has 1 amide bonds. The molecule has 4 nitrogen and oxygen atoms in total. The van der Waals surface area contributed by atoms with Crippen molar-refractivity contribution in [2.75, 3.05) is 18.6 Å². The first kappa shape index (κ1) is 12.5. The molecule has 1 atom stereocenters. The van der Waals surface area contributed by atoms with Gasteiger partial charge in [0.1, 0.15) is 0 Å². The molecule has 0 spiro atoms. The van der Waals surface area contributed by atoms with Crippen molar-refractivity contribution in [2.24, 2.45) is 0 Å². The van der Waals surface area contributed by atoms with Gasteiger partial charge in [-0.25, -0.2) is 0 Å². The van der Waals surface area contributed by atoms with Crippen LogP contribution in [0.4, 0.5) is 0 Å².